The van der Waals surface area contributed by atoms with Crippen LogP contribution in [-0.4, -0.2) is 88.6 Å². The van der Waals surface area contributed by atoms with E-state index < -0.39 is 0 Å². The molecule has 0 spiro atoms. The lowest BCUT2D eigenvalue weighted by atomic mass is 10.2. The molecule has 1 amide bonds. The summed E-state index contributed by atoms with van der Waals surface area (Å²) in [6.07, 6.45) is -0.306. The molecule has 0 N–H and O–H groups in total. The van der Waals surface area contributed by atoms with Crippen molar-refractivity contribution < 1.29 is 19.0 Å². The Bertz CT molecular complexity index is 569. The van der Waals surface area contributed by atoms with Crippen molar-refractivity contribution in [2.24, 2.45) is 0 Å². The van der Waals surface area contributed by atoms with E-state index in [0.29, 0.717) is 32.9 Å². The summed E-state index contributed by atoms with van der Waals surface area (Å²) < 4.78 is 16.4. The number of ether oxygens (including phenoxy) is 3. The number of benzene rings is 1. The summed E-state index contributed by atoms with van der Waals surface area (Å²) >= 11 is 0. The molecule has 2 aliphatic rings. The van der Waals surface area contributed by atoms with Gasteiger partial charge in [-0.2, -0.15) is 0 Å². The summed E-state index contributed by atoms with van der Waals surface area (Å²) in [5, 5.41) is 0. The lowest BCUT2D eigenvalue weighted by molar-refractivity contribution is -0.104. The zero-order valence-corrected chi connectivity index (χ0v) is 15.0. The fourth-order valence-electron chi connectivity index (χ4n) is 2.81. The minimum atomic E-state index is -0.233. The van der Waals surface area contributed by atoms with Crippen LogP contribution in [0.15, 0.2) is 24.3 Å². The molecule has 2 heterocycles. The van der Waals surface area contributed by atoms with Crippen LogP contribution >= 0.6 is 0 Å². The van der Waals surface area contributed by atoms with Crippen molar-refractivity contribution in [2.75, 3.05) is 71.5 Å². The van der Waals surface area contributed by atoms with E-state index in [2.05, 4.69) is 15.9 Å². The van der Waals surface area contributed by atoms with Crippen molar-refractivity contribution in [3.8, 4) is 5.75 Å². The highest BCUT2D eigenvalue weighted by molar-refractivity contribution is 5.69. The van der Waals surface area contributed by atoms with Crippen LogP contribution in [0.25, 0.3) is 0 Å². The van der Waals surface area contributed by atoms with Gasteiger partial charge in [-0.3, -0.25) is 0 Å². The Kier molecular flexibility index (Phi) is 5.99. The number of likely N-dealkylation sites (N-methyl/N-ethyl adjacent to an activating group) is 1. The fraction of sp³-hybridized carbons (Fsp3) is 0.611. The van der Waals surface area contributed by atoms with E-state index >= 15 is 0 Å². The number of hydrogen-bond donors (Lipinski definition) is 0. The maximum atomic E-state index is 12.1. The number of rotatable bonds is 6. The molecule has 2 aliphatic heterocycles. The first-order chi connectivity index (χ1) is 12.1. The number of para-hydroxylation sites is 2. The molecule has 25 heavy (non-hydrogen) atoms. The van der Waals surface area contributed by atoms with Gasteiger partial charge in [0.2, 0.25) is 0 Å². The number of amides is 1. The highest BCUT2D eigenvalue weighted by Crippen LogP contribution is 2.29. The van der Waals surface area contributed by atoms with Crippen LogP contribution in [-0.2, 0) is 9.47 Å². The van der Waals surface area contributed by atoms with E-state index in [4.69, 9.17) is 14.2 Å². The van der Waals surface area contributed by atoms with E-state index in [1.54, 1.807) is 4.90 Å². The molecule has 7 nitrogen and oxygen atoms in total. The second-order valence-corrected chi connectivity index (χ2v) is 6.64. The van der Waals surface area contributed by atoms with Gasteiger partial charge in [0.05, 0.1) is 18.9 Å². The Morgan fingerprint density at radius 1 is 1.20 bits per heavy atom. The van der Waals surface area contributed by atoms with Crippen LogP contribution in [0.4, 0.5) is 10.5 Å². The number of piperazine rings is 1. The molecule has 2 saturated heterocycles. The van der Waals surface area contributed by atoms with Gasteiger partial charge in [-0.25, -0.2) is 4.79 Å². The lowest BCUT2D eigenvalue weighted by Crippen LogP contribution is -2.51. The molecule has 0 aliphatic carbocycles. The van der Waals surface area contributed by atoms with Gasteiger partial charge in [0.15, 0.2) is 6.10 Å². The maximum absolute atomic E-state index is 12.1. The Balaban J connectivity index is 1.52. The van der Waals surface area contributed by atoms with Gasteiger partial charge in [-0.05, 0) is 26.2 Å². The van der Waals surface area contributed by atoms with Crippen molar-refractivity contribution in [1.82, 2.24) is 9.80 Å². The standard InChI is InChI=1S/C18H27N3O4/c1-19(2)11-12-24-17-6-4-3-5-16(17)20-7-9-21(10-8-20)18(22)25-15-13-23-14-15/h3-6,15H,7-14H2,1-2H3. The van der Waals surface area contributed by atoms with Gasteiger partial charge >= 0.3 is 6.09 Å². The van der Waals surface area contributed by atoms with Crippen molar-refractivity contribution >= 4 is 11.8 Å². The summed E-state index contributed by atoms with van der Waals surface area (Å²) in [5.74, 6) is 0.895. The Labute approximate surface area is 149 Å². The highest BCUT2D eigenvalue weighted by atomic mass is 16.6. The molecule has 138 valence electrons. The van der Waals surface area contributed by atoms with E-state index in [1.807, 2.05) is 32.3 Å². The molecule has 3 rings (SSSR count). The minimum absolute atomic E-state index is 0.0728. The normalized spacial score (nSPS) is 18.2. The number of carbonyl (C=O) groups is 1. The number of hydrogen-bond acceptors (Lipinski definition) is 6. The van der Waals surface area contributed by atoms with E-state index in [-0.39, 0.29) is 12.2 Å². The zero-order valence-electron chi connectivity index (χ0n) is 15.0. The molecule has 0 saturated carbocycles. The van der Waals surface area contributed by atoms with Crippen LogP contribution in [0, 0.1) is 0 Å². The zero-order chi connectivity index (χ0) is 17.6. The first-order valence-electron chi connectivity index (χ1n) is 8.78. The third-order valence-electron chi connectivity index (χ3n) is 4.41. The number of anilines is 1. The SMILES string of the molecule is CN(C)CCOc1ccccc1N1CCN(C(=O)OC2COC2)CC1. The van der Waals surface area contributed by atoms with Gasteiger partial charge in [0.25, 0.3) is 0 Å². The molecule has 0 radical (unpaired) electrons. The molecule has 7 heteroatoms. The van der Waals surface area contributed by atoms with Crippen molar-refractivity contribution in [3.05, 3.63) is 24.3 Å². The molecule has 1 aromatic rings. The average Bonchev–Trinajstić information content (AvgIpc) is 2.58. The highest BCUT2D eigenvalue weighted by Gasteiger charge is 2.28. The van der Waals surface area contributed by atoms with Crippen LogP contribution in [0.3, 0.4) is 0 Å². The largest absolute Gasteiger partial charge is 0.490 e. The molecule has 0 atom stereocenters. The fourth-order valence-corrected chi connectivity index (χ4v) is 2.81. The summed E-state index contributed by atoms with van der Waals surface area (Å²) in [4.78, 5) is 18.2. The maximum Gasteiger partial charge on any atom is 0.410 e. The topological polar surface area (TPSA) is 54.5 Å². The Morgan fingerprint density at radius 3 is 2.56 bits per heavy atom. The summed E-state index contributed by atoms with van der Waals surface area (Å²) in [6, 6.07) is 8.08. The predicted molar refractivity (Wildman–Crippen MR) is 95.4 cm³/mol. The number of nitrogens with zero attached hydrogens (tertiary/aromatic N) is 3. The van der Waals surface area contributed by atoms with Crippen LogP contribution < -0.4 is 9.64 Å². The third kappa shape index (κ3) is 4.76. The summed E-state index contributed by atoms with van der Waals surface area (Å²) in [5.41, 5.74) is 1.08. The quantitative estimate of drug-likeness (QED) is 0.771. The first-order valence-corrected chi connectivity index (χ1v) is 8.78. The Morgan fingerprint density at radius 2 is 1.92 bits per heavy atom. The molecular formula is C18H27N3O4. The molecule has 0 bridgehead atoms. The van der Waals surface area contributed by atoms with Crippen molar-refractivity contribution in [1.29, 1.82) is 0 Å². The second kappa shape index (κ2) is 8.40. The molecule has 2 fully saturated rings. The van der Waals surface area contributed by atoms with Gasteiger partial charge in [0.1, 0.15) is 12.4 Å². The number of carbonyl (C=O) groups excluding carboxylic acids is 1. The van der Waals surface area contributed by atoms with E-state index in [0.717, 1.165) is 31.1 Å². The molecule has 0 unspecified atom stereocenters. The van der Waals surface area contributed by atoms with Gasteiger partial charge in [-0.1, -0.05) is 12.1 Å². The second-order valence-electron chi connectivity index (χ2n) is 6.64. The first kappa shape index (κ1) is 17.8. The lowest BCUT2D eigenvalue weighted by Gasteiger charge is -2.37. The van der Waals surface area contributed by atoms with Gasteiger partial charge in [-0.15, -0.1) is 0 Å². The van der Waals surface area contributed by atoms with Gasteiger partial charge in [0, 0.05) is 32.7 Å². The van der Waals surface area contributed by atoms with Crippen LogP contribution in [0.2, 0.25) is 0 Å². The van der Waals surface area contributed by atoms with Crippen molar-refractivity contribution in [3.63, 3.8) is 0 Å². The third-order valence-corrected chi connectivity index (χ3v) is 4.41. The Hall–Kier alpha value is -1.99. The van der Waals surface area contributed by atoms with Crippen LogP contribution in [0.5, 0.6) is 5.75 Å². The predicted octanol–water partition coefficient (Wildman–Crippen LogP) is 1.28. The molecular weight excluding hydrogens is 322 g/mol. The van der Waals surface area contributed by atoms with E-state index in [1.165, 1.54) is 0 Å². The summed E-state index contributed by atoms with van der Waals surface area (Å²) in [7, 11) is 4.06. The van der Waals surface area contributed by atoms with Crippen LogP contribution in [0.1, 0.15) is 0 Å². The smallest absolute Gasteiger partial charge is 0.410 e. The summed E-state index contributed by atoms with van der Waals surface area (Å²) in [6.45, 7) is 5.40. The average molecular weight is 349 g/mol. The van der Waals surface area contributed by atoms with E-state index in [9.17, 15) is 4.79 Å². The van der Waals surface area contributed by atoms with Gasteiger partial charge < -0.3 is 28.9 Å². The van der Waals surface area contributed by atoms with Crippen molar-refractivity contribution in [2.45, 2.75) is 6.10 Å². The minimum Gasteiger partial charge on any atom is -0.490 e. The molecule has 0 aromatic heterocycles. The monoisotopic (exact) mass is 349 g/mol. The molecule has 1 aromatic carbocycles.